The minimum Gasteiger partial charge on any atom is -0.393 e. The van der Waals surface area contributed by atoms with E-state index in [1.807, 2.05) is 0 Å². The third-order valence-electron chi connectivity index (χ3n) is 5.34. The lowest BCUT2D eigenvalue weighted by atomic mass is 9.93. The number of hydrogen-bond donors (Lipinski definition) is 3. The molecule has 1 saturated carbocycles. The average molecular weight is 452 g/mol. The zero-order valence-corrected chi connectivity index (χ0v) is 16.7. The van der Waals surface area contributed by atoms with Crippen molar-refractivity contribution in [3.63, 3.8) is 0 Å². The number of imidazole rings is 1. The van der Waals surface area contributed by atoms with Crippen LogP contribution in [-0.2, 0) is 4.74 Å². The van der Waals surface area contributed by atoms with Crippen molar-refractivity contribution in [1.82, 2.24) is 19.5 Å². The Bertz CT molecular complexity index is 1270. The molecule has 170 valence electrons. The fraction of sp³-hybridized carbons (Fsp3) is 0.476. The molecule has 2 aliphatic rings. The summed E-state index contributed by atoms with van der Waals surface area (Å²) in [4.78, 5) is 13.0. The predicted octanol–water partition coefficient (Wildman–Crippen LogP) is 3.66. The molecule has 11 heteroatoms. The van der Waals surface area contributed by atoms with Crippen LogP contribution in [0.15, 0.2) is 18.3 Å². The molecule has 0 spiro atoms. The number of nitrogens with zero attached hydrogens (tertiary/aromatic N) is 4. The van der Waals surface area contributed by atoms with Crippen molar-refractivity contribution in [2.24, 2.45) is 0 Å². The molecule has 5 rings (SSSR count). The monoisotopic (exact) mass is 452 g/mol. The van der Waals surface area contributed by atoms with Crippen LogP contribution in [0.2, 0.25) is 0 Å². The summed E-state index contributed by atoms with van der Waals surface area (Å²) >= 11 is 0. The summed E-state index contributed by atoms with van der Waals surface area (Å²) in [6.07, 6.45) is -4.55. The van der Waals surface area contributed by atoms with Gasteiger partial charge in [0.05, 0.1) is 26.3 Å². The molecule has 2 aromatic heterocycles. The van der Waals surface area contributed by atoms with Crippen molar-refractivity contribution in [3.8, 4) is 0 Å². The van der Waals surface area contributed by atoms with E-state index < -0.39 is 54.5 Å². The van der Waals surface area contributed by atoms with Crippen LogP contribution in [0, 0.1) is 17.5 Å². The fourth-order valence-electron chi connectivity index (χ4n) is 3.78. The second-order valence-electron chi connectivity index (χ2n) is 7.57. The topological polar surface area (TPSA) is 97.1 Å². The van der Waals surface area contributed by atoms with Crippen molar-refractivity contribution in [2.45, 2.75) is 50.2 Å². The van der Waals surface area contributed by atoms with Crippen molar-refractivity contribution >= 4 is 28.7 Å². The molecule has 8 nitrogen and oxygen atoms in total. The molecule has 3 heterocycles. The molecular weight excluding hydrogens is 425 g/mol. The van der Waals surface area contributed by atoms with Crippen LogP contribution in [0.5, 0.6) is 0 Å². The predicted molar refractivity (Wildman–Crippen MR) is 111 cm³/mol. The quantitative estimate of drug-likeness (QED) is 0.544. The fourth-order valence-corrected chi connectivity index (χ4v) is 3.78. The zero-order chi connectivity index (χ0) is 25.8. The molecule has 3 N–H and O–H groups in total. The Morgan fingerprint density at radius 2 is 1.97 bits per heavy atom. The van der Waals surface area contributed by atoms with E-state index in [1.165, 1.54) is 6.20 Å². The van der Waals surface area contributed by atoms with E-state index in [2.05, 4.69) is 25.6 Å². The van der Waals surface area contributed by atoms with Gasteiger partial charge in [-0.05, 0) is 32.0 Å². The van der Waals surface area contributed by atoms with Gasteiger partial charge in [-0.3, -0.25) is 4.57 Å². The second kappa shape index (κ2) is 8.55. The number of aromatic nitrogens is 4. The van der Waals surface area contributed by atoms with Gasteiger partial charge in [0.25, 0.3) is 0 Å². The summed E-state index contributed by atoms with van der Waals surface area (Å²) in [5.41, 5.74) is 0.0112. The van der Waals surface area contributed by atoms with Crippen molar-refractivity contribution in [1.29, 1.82) is 0 Å². The maximum absolute atomic E-state index is 14.3. The molecule has 0 bridgehead atoms. The molecule has 1 saturated heterocycles. The average Bonchev–Trinajstić information content (AvgIpc) is 3.46. The Kier molecular flexibility index (Phi) is 4.45. The first-order valence-electron chi connectivity index (χ1n) is 12.3. The Morgan fingerprint density at radius 3 is 2.72 bits per heavy atom. The van der Waals surface area contributed by atoms with Gasteiger partial charge < -0.3 is 20.5 Å². The van der Waals surface area contributed by atoms with Gasteiger partial charge in [-0.25, -0.2) is 23.1 Å². The Balaban J connectivity index is 1.50. The highest BCUT2D eigenvalue weighted by Gasteiger charge is 2.27. The van der Waals surface area contributed by atoms with Gasteiger partial charge in [-0.2, -0.15) is 4.98 Å². The molecule has 32 heavy (non-hydrogen) atoms. The number of aliphatic hydroxyl groups is 1. The molecule has 1 aliphatic heterocycles. The minimum absolute atomic E-state index is 0.0455. The highest BCUT2D eigenvalue weighted by molar-refractivity contribution is 5.76. The van der Waals surface area contributed by atoms with Crippen molar-refractivity contribution < 1.29 is 28.5 Å². The first kappa shape index (κ1) is 16.7. The van der Waals surface area contributed by atoms with Crippen LogP contribution in [0.25, 0.3) is 11.2 Å². The van der Waals surface area contributed by atoms with Crippen LogP contribution >= 0.6 is 0 Å². The van der Waals surface area contributed by atoms with Crippen LogP contribution in [-0.4, -0.2) is 50.0 Å². The summed E-state index contributed by atoms with van der Waals surface area (Å²) in [7, 11) is 0. The van der Waals surface area contributed by atoms with E-state index in [9.17, 15) is 18.3 Å². The molecule has 1 aliphatic carbocycles. The Labute approximate surface area is 187 Å². The zero-order valence-electron chi connectivity index (χ0n) is 20.7. The van der Waals surface area contributed by atoms with E-state index >= 15 is 0 Å². The van der Waals surface area contributed by atoms with Crippen molar-refractivity contribution in [3.05, 3.63) is 35.8 Å². The van der Waals surface area contributed by atoms with Gasteiger partial charge in [0.15, 0.2) is 17.3 Å². The summed E-state index contributed by atoms with van der Waals surface area (Å²) in [6.45, 7) is 0.746. The molecule has 0 radical (unpaired) electrons. The lowest BCUT2D eigenvalue weighted by molar-refractivity contribution is 0.126. The standard InChI is InChI=1S/C21H23F3N6O2/c22-11-7-15(23)18(16(24)8-11)28-21-27-17-9-25-20(26-12-1-3-14(31)4-2-12)29-19(17)30(21)13-5-6-32-10-13/h7-9,12-14,31H,1-6,10H2,(H,27,28)(H,25,26,29)/i1D,3D,4D,14D. The third kappa shape index (κ3) is 4.09. The molecule has 6 unspecified atom stereocenters. The van der Waals surface area contributed by atoms with Gasteiger partial charge in [0.1, 0.15) is 17.0 Å². The van der Waals surface area contributed by atoms with Gasteiger partial charge in [0, 0.05) is 28.9 Å². The highest BCUT2D eigenvalue weighted by atomic mass is 19.1. The summed E-state index contributed by atoms with van der Waals surface area (Å²) < 4.78 is 81.1. The Morgan fingerprint density at radius 1 is 1.16 bits per heavy atom. The van der Waals surface area contributed by atoms with E-state index in [-0.39, 0.29) is 24.4 Å². The number of benzene rings is 1. The highest BCUT2D eigenvalue weighted by Crippen LogP contribution is 2.32. The number of ether oxygens (including phenoxy) is 1. The second-order valence-corrected chi connectivity index (χ2v) is 7.57. The van der Waals surface area contributed by atoms with Gasteiger partial charge >= 0.3 is 0 Å². The molecule has 3 aromatic rings. The number of halogens is 3. The SMILES string of the molecule is [2H]C1C(Nc2ncc3nc(Nc4c(F)cc(F)cc4F)n(C4CCOC4)c3n2)CC([2H])C([2H])(O)C1[2H]. The van der Waals surface area contributed by atoms with Gasteiger partial charge in [0.2, 0.25) is 11.9 Å². The van der Waals surface area contributed by atoms with Crippen LogP contribution < -0.4 is 10.6 Å². The summed E-state index contributed by atoms with van der Waals surface area (Å²) in [6, 6.07) is 0.0534. The lowest BCUT2D eigenvalue weighted by Gasteiger charge is -2.26. The van der Waals surface area contributed by atoms with E-state index in [0.717, 1.165) is 0 Å². The third-order valence-corrected chi connectivity index (χ3v) is 5.34. The molecule has 6 atom stereocenters. The van der Waals surface area contributed by atoms with Crippen LogP contribution in [0.1, 0.15) is 43.6 Å². The maximum atomic E-state index is 14.3. The van der Waals surface area contributed by atoms with E-state index in [1.54, 1.807) is 4.57 Å². The minimum atomic E-state index is -2.36. The number of hydrogen-bond acceptors (Lipinski definition) is 7. The van der Waals surface area contributed by atoms with Crippen LogP contribution in [0.3, 0.4) is 0 Å². The van der Waals surface area contributed by atoms with E-state index in [4.69, 9.17) is 10.2 Å². The largest absolute Gasteiger partial charge is 0.393 e. The summed E-state index contributed by atoms with van der Waals surface area (Å²) in [5, 5.41) is 15.6. The van der Waals surface area contributed by atoms with E-state index in [0.29, 0.717) is 42.9 Å². The summed E-state index contributed by atoms with van der Waals surface area (Å²) in [5.74, 6) is -3.22. The van der Waals surface area contributed by atoms with Gasteiger partial charge in [-0.1, -0.05) is 0 Å². The lowest BCUT2D eigenvalue weighted by Crippen LogP contribution is -2.29. The number of anilines is 3. The van der Waals surface area contributed by atoms with Crippen molar-refractivity contribution in [2.75, 3.05) is 23.8 Å². The molecular formula is C21H23F3N6O2. The van der Waals surface area contributed by atoms with Crippen LogP contribution in [0.4, 0.5) is 30.8 Å². The first-order valence-corrected chi connectivity index (χ1v) is 10.1. The van der Waals surface area contributed by atoms with Gasteiger partial charge in [-0.15, -0.1) is 0 Å². The molecule has 2 fully saturated rings. The Hall–Kier alpha value is -2.92. The smallest absolute Gasteiger partial charge is 0.224 e. The number of rotatable bonds is 5. The first-order chi connectivity index (χ1) is 17.1. The molecule has 0 amide bonds. The maximum Gasteiger partial charge on any atom is 0.224 e. The number of fused-ring (bicyclic) bond motifs is 1. The molecule has 1 aromatic carbocycles. The normalized spacial score (nSPS) is 34.6. The number of nitrogens with one attached hydrogen (secondary N) is 2.